The Morgan fingerprint density at radius 2 is 1.79 bits per heavy atom. The second-order valence-electron chi connectivity index (χ2n) is 6.72. The Morgan fingerprint density at radius 1 is 1.08 bits per heavy atom. The van der Waals surface area contributed by atoms with E-state index < -0.39 is 11.9 Å². The molecule has 1 aliphatic rings. The predicted octanol–water partition coefficient (Wildman–Crippen LogP) is 2.93. The molecule has 1 fully saturated rings. The van der Waals surface area contributed by atoms with Crippen LogP contribution in [0.2, 0.25) is 0 Å². The highest BCUT2D eigenvalue weighted by Gasteiger charge is 2.23. The van der Waals surface area contributed by atoms with Gasteiger partial charge in [-0.1, -0.05) is 55.3 Å². The minimum atomic E-state index is -0.662. The van der Waals surface area contributed by atoms with E-state index in [9.17, 15) is 9.59 Å². The van der Waals surface area contributed by atoms with Gasteiger partial charge in [0.15, 0.2) is 0 Å². The van der Waals surface area contributed by atoms with Gasteiger partial charge in [-0.15, -0.1) is 0 Å². The quantitative estimate of drug-likeness (QED) is 0.857. The van der Waals surface area contributed by atoms with Crippen LogP contribution in [0.25, 0.3) is 10.8 Å². The van der Waals surface area contributed by atoms with Gasteiger partial charge in [0, 0.05) is 12.8 Å². The highest BCUT2D eigenvalue weighted by Crippen LogP contribution is 2.27. The van der Waals surface area contributed by atoms with Crippen LogP contribution in [-0.4, -0.2) is 17.9 Å². The number of rotatable bonds is 6. The van der Waals surface area contributed by atoms with Gasteiger partial charge in [-0.05, 0) is 35.1 Å². The van der Waals surface area contributed by atoms with Crippen molar-refractivity contribution in [3.63, 3.8) is 0 Å². The number of carbonyl (C=O) groups is 2. The van der Waals surface area contributed by atoms with Crippen LogP contribution < -0.4 is 11.1 Å². The Kier molecular flexibility index (Phi) is 5.14. The van der Waals surface area contributed by atoms with Gasteiger partial charge >= 0.3 is 0 Å². The number of nitrogens with two attached hydrogens (primary N) is 1. The molecular formula is C20H24N2O2. The van der Waals surface area contributed by atoms with Crippen molar-refractivity contribution in [2.45, 2.75) is 44.6 Å². The summed E-state index contributed by atoms with van der Waals surface area (Å²) in [5, 5.41) is 5.06. The molecule has 0 unspecified atom stereocenters. The van der Waals surface area contributed by atoms with Crippen molar-refractivity contribution in [1.82, 2.24) is 5.32 Å². The van der Waals surface area contributed by atoms with E-state index >= 15 is 0 Å². The Labute approximate surface area is 142 Å². The topological polar surface area (TPSA) is 72.2 Å². The summed E-state index contributed by atoms with van der Waals surface area (Å²) in [5.41, 5.74) is 6.56. The van der Waals surface area contributed by atoms with Gasteiger partial charge in [0.1, 0.15) is 6.04 Å². The van der Waals surface area contributed by atoms with E-state index in [0.29, 0.717) is 18.8 Å². The molecule has 0 heterocycles. The second kappa shape index (κ2) is 7.47. The molecule has 2 aromatic carbocycles. The molecule has 1 saturated carbocycles. The summed E-state index contributed by atoms with van der Waals surface area (Å²) in [7, 11) is 0. The highest BCUT2D eigenvalue weighted by molar-refractivity contribution is 5.89. The van der Waals surface area contributed by atoms with Crippen LogP contribution in [0.15, 0.2) is 42.5 Å². The highest BCUT2D eigenvalue weighted by atomic mass is 16.2. The average Bonchev–Trinajstić information content (AvgIpc) is 3.07. The molecule has 2 amide bonds. The zero-order valence-corrected chi connectivity index (χ0v) is 13.8. The van der Waals surface area contributed by atoms with E-state index in [0.717, 1.165) is 29.2 Å². The van der Waals surface area contributed by atoms with E-state index in [1.165, 1.54) is 12.8 Å². The molecule has 1 atom stereocenters. The maximum atomic E-state index is 12.2. The summed E-state index contributed by atoms with van der Waals surface area (Å²) in [4.78, 5) is 24.1. The lowest BCUT2D eigenvalue weighted by molar-refractivity contribution is -0.127. The van der Waals surface area contributed by atoms with Gasteiger partial charge in [-0.2, -0.15) is 0 Å². The van der Waals surface area contributed by atoms with Crippen molar-refractivity contribution in [2.75, 3.05) is 0 Å². The first-order valence-corrected chi connectivity index (χ1v) is 8.69. The number of hydrogen-bond donors (Lipinski definition) is 2. The molecule has 3 rings (SSSR count). The molecule has 2 aromatic rings. The fourth-order valence-corrected chi connectivity index (χ4v) is 3.64. The van der Waals surface area contributed by atoms with Gasteiger partial charge in [0.2, 0.25) is 11.8 Å². The standard InChI is InChI=1S/C20H24N2O2/c21-20(24)18(22-19(23)12-14-6-1-2-7-14)13-16-10-5-9-15-8-3-4-11-17(15)16/h3-5,8-11,14,18H,1-2,6-7,12-13H2,(H2,21,24)(H,22,23)/t18-/m0/s1. The summed E-state index contributed by atoms with van der Waals surface area (Å²) in [6.45, 7) is 0. The molecule has 0 aliphatic heterocycles. The lowest BCUT2D eigenvalue weighted by Crippen LogP contribution is -2.46. The van der Waals surface area contributed by atoms with Crippen LogP contribution in [0.3, 0.4) is 0 Å². The maximum Gasteiger partial charge on any atom is 0.240 e. The Balaban J connectivity index is 1.71. The van der Waals surface area contributed by atoms with Gasteiger partial charge in [0.05, 0.1) is 0 Å². The molecular weight excluding hydrogens is 300 g/mol. The number of hydrogen-bond acceptors (Lipinski definition) is 2. The SMILES string of the molecule is NC(=O)[C@H](Cc1cccc2ccccc12)NC(=O)CC1CCCC1. The molecule has 4 nitrogen and oxygen atoms in total. The molecule has 126 valence electrons. The summed E-state index contributed by atoms with van der Waals surface area (Å²) >= 11 is 0. The monoisotopic (exact) mass is 324 g/mol. The van der Waals surface area contributed by atoms with E-state index in [1.54, 1.807) is 0 Å². The summed E-state index contributed by atoms with van der Waals surface area (Å²) < 4.78 is 0. The number of benzene rings is 2. The zero-order valence-electron chi connectivity index (χ0n) is 13.8. The van der Waals surface area contributed by atoms with Gasteiger partial charge in [0.25, 0.3) is 0 Å². The summed E-state index contributed by atoms with van der Waals surface area (Å²) in [6, 6.07) is 13.4. The molecule has 24 heavy (non-hydrogen) atoms. The first-order chi connectivity index (χ1) is 11.6. The van der Waals surface area contributed by atoms with Crippen LogP contribution in [0.4, 0.5) is 0 Å². The number of fused-ring (bicyclic) bond motifs is 1. The number of nitrogens with one attached hydrogen (secondary N) is 1. The minimum absolute atomic E-state index is 0.0639. The lowest BCUT2D eigenvalue weighted by Gasteiger charge is -2.18. The van der Waals surface area contributed by atoms with E-state index in [-0.39, 0.29) is 5.91 Å². The lowest BCUT2D eigenvalue weighted by atomic mass is 9.98. The maximum absolute atomic E-state index is 12.2. The van der Waals surface area contributed by atoms with Crippen molar-refractivity contribution in [3.8, 4) is 0 Å². The second-order valence-corrected chi connectivity index (χ2v) is 6.72. The predicted molar refractivity (Wildman–Crippen MR) is 95.4 cm³/mol. The van der Waals surface area contributed by atoms with Crippen LogP contribution in [0, 0.1) is 5.92 Å². The van der Waals surface area contributed by atoms with Crippen molar-refractivity contribution in [1.29, 1.82) is 0 Å². The average molecular weight is 324 g/mol. The number of amides is 2. The fourth-order valence-electron chi connectivity index (χ4n) is 3.64. The third-order valence-corrected chi connectivity index (χ3v) is 4.93. The third kappa shape index (κ3) is 3.94. The van der Waals surface area contributed by atoms with Crippen LogP contribution in [0.5, 0.6) is 0 Å². The smallest absolute Gasteiger partial charge is 0.240 e. The van der Waals surface area contributed by atoms with Gasteiger partial charge in [-0.25, -0.2) is 0 Å². The van der Waals surface area contributed by atoms with Gasteiger partial charge in [-0.3, -0.25) is 9.59 Å². The minimum Gasteiger partial charge on any atom is -0.368 e. The number of carbonyl (C=O) groups excluding carboxylic acids is 2. The Morgan fingerprint density at radius 3 is 2.54 bits per heavy atom. The van der Waals surface area contributed by atoms with Crippen LogP contribution in [0.1, 0.15) is 37.7 Å². The molecule has 0 saturated heterocycles. The molecule has 0 radical (unpaired) electrons. The summed E-state index contributed by atoms with van der Waals surface area (Å²) in [5.74, 6) is -0.0928. The first kappa shape index (κ1) is 16.5. The van der Waals surface area contributed by atoms with E-state index in [4.69, 9.17) is 5.73 Å². The first-order valence-electron chi connectivity index (χ1n) is 8.69. The van der Waals surface area contributed by atoms with Crippen molar-refractivity contribution in [2.24, 2.45) is 11.7 Å². The largest absolute Gasteiger partial charge is 0.368 e. The van der Waals surface area contributed by atoms with E-state index in [1.807, 2.05) is 42.5 Å². The fraction of sp³-hybridized carbons (Fsp3) is 0.400. The van der Waals surface area contributed by atoms with Crippen LogP contribution >= 0.6 is 0 Å². The molecule has 0 bridgehead atoms. The molecule has 1 aliphatic carbocycles. The normalized spacial score (nSPS) is 16.2. The van der Waals surface area contributed by atoms with Crippen molar-refractivity contribution in [3.05, 3.63) is 48.0 Å². The van der Waals surface area contributed by atoms with Crippen LogP contribution in [-0.2, 0) is 16.0 Å². The molecule has 0 spiro atoms. The molecule has 0 aromatic heterocycles. The summed E-state index contributed by atoms with van der Waals surface area (Å²) in [6.07, 6.45) is 5.54. The van der Waals surface area contributed by atoms with Crippen molar-refractivity contribution < 1.29 is 9.59 Å². The zero-order chi connectivity index (χ0) is 16.9. The molecule has 4 heteroatoms. The van der Waals surface area contributed by atoms with Crippen molar-refractivity contribution >= 4 is 22.6 Å². The Hall–Kier alpha value is -2.36. The van der Waals surface area contributed by atoms with E-state index in [2.05, 4.69) is 5.32 Å². The Bertz CT molecular complexity index is 730. The molecule has 3 N–H and O–H groups in total. The third-order valence-electron chi connectivity index (χ3n) is 4.93. The van der Waals surface area contributed by atoms with Gasteiger partial charge < -0.3 is 11.1 Å². The number of primary amides is 1.